The Morgan fingerprint density at radius 2 is 2.00 bits per heavy atom. The molecule has 27 heavy (non-hydrogen) atoms. The van der Waals surface area contributed by atoms with Gasteiger partial charge in [-0.25, -0.2) is 4.98 Å². The summed E-state index contributed by atoms with van der Waals surface area (Å²) in [5.74, 6) is 1.05. The lowest BCUT2D eigenvalue weighted by Gasteiger charge is -2.30. The molecule has 1 amide bonds. The van der Waals surface area contributed by atoms with Crippen molar-refractivity contribution in [3.8, 4) is 0 Å². The molecule has 0 aliphatic carbocycles. The lowest BCUT2D eigenvalue weighted by atomic mass is 10.1. The monoisotopic (exact) mass is 382 g/mol. The largest absolute Gasteiger partial charge is 0.362 e. The van der Waals surface area contributed by atoms with Gasteiger partial charge in [0.1, 0.15) is 5.82 Å². The summed E-state index contributed by atoms with van der Waals surface area (Å²) in [4.78, 5) is 19.0. The van der Waals surface area contributed by atoms with Crippen molar-refractivity contribution in [3.05, 3.63) is 52.8 Å². The maximum absolute atomic E-state index is 12.0. The van der Waals surface area contributed by atoms with Gasteiger partial charge in [0.05, 0.1) is 17.6 Å². The summed E-state index contributed by atoms with van der Waals surface area (Å²) >= 11 is 6.10. The number of fused-ring (bicyclic) bond motifs is 3. The number of amides is 1. The third kappa shape index (κ3) is 3.39. The highest BCUT2D eigenvalue weighted by Crippen LogP contribution is 2.28. The zero-order valence-corrected chi connectivity index (χ0v) is 16.5. The molecule has 1 N–H and O–H groups in total. The Morgan fingerprint density at radius 1 is 1.19 bits per heavy atom. The minimum Gasteiger partial charge on any atom is -0.362 e. The van der Waals surface area contributed by atoms with E-state index in [1.54, 1.807) is 0 Å². The van der Waals surface area contributed by atoms with Crippen molar-refractivity contribution in [2.45, 2.75) is 33.9 Å². The van der Waals surface area contributed by atoms with Crippen LogP contribution in [-0.2, 0) is 17.9 Å². The Morgan fingerprint density at radius 3 is 2.74 bits per heavy atom. The highest BCUT2D eigenvalue weighted by atomic mass is 35.5. The molecule has 140 valence electrons. The first-order valence-electron chi connectivity index (χ1n) is 9.23. The molecule has 4 rings (SSSR count). The van der Waals surface area contributed by atoms with Crippen molar-refractivity contribution in [1.82, 2.24) is 9.55 Å². The maximum Gasteiger partial charge on any atom is 0.226 e. The van der Waals surface area contributed by atoms with Crippen LogP contribution in [0.2, 0.25) is 5.02 Å². The molecule has 3 aromatic rings. The Balaban J connectivity index is 1.58. The number of nitrogens with one attached hydrogen (secondary N) is 1. The number of carbonyl (C=O) groups is 1. The van der Waals surface area contributed by atoms with Crippen LogP contribution in [0.1, 0.15) is 25.2 Å². The van der Waals surface area contributed by atoms with Crippen molar-refractivity contribution in [2.24, 2.45) is 5.92 Å². The lowest BCUT2D eigenvalue weighted by molar-refractivity contribution is -0.118. The van der Waals surface area contributed by atoms with Crippen LogP contribution in [0.3, 0.4) is 0 Å². The van der Waals surface area contributed by atoms with E-state index >= 15 is 0 Å². The van der Waals surface area contributed by atoms with Gasteiger partial charge in [-0.3, -0.25) is 4.79 Å². The van der Waals surface area contributed by atoms with Crippen LogP contribution < -0.4 is 10.2 Å². The van der Waals surface area contributed by atoms with Crippen molar-refractivity contribution < 1.29 is 4.79 Å². The molecule has 0 spiro atoms. The summed E-state index contributed by atoms with van der Waals surface area (Å²) in [6, 6.07) is 12.1. The van der Waals surface area contributed by atoms with Gasteiger partial charge in [0.25, 0.3) is 0 Å². The SMILES string of the molecule is Cc1cc(N2CCn3c(nc4cc(Cl)ccc43)C2)ccc1NC(=O)C(C)C. The summed E-state index contributed by atoms with van der Waals surface area (Å²) in [7, 11) is 0. The van der Waals surface area contributed by atoms with Gasteiger partial charge in [-0.2, -0.15) is 0 Å². The van der Waals surface area contributed by atoms with Crippen LogP contribution >= 0.6 is 11.6 Å². The normalized spacial score (nSPS) is 13.9. The van der Waals surface area contributed by atoms with Crippen LogP contribution in [-0.4, -0.2) is 22.0 Å². The van der Waals surface area contributed by atoms with Gasteiger partial charge in [-0.15, -0.1) is 0 Å². The van der Waals surface area contributed by atoms with E-state index in [0.717, 1.165) is 53.4 Å². The number of aromatic nitrogens is 2. The lowest BCUT2D eigenvalue weighted by Crippen LogP contribution is -2.33. The molecule has 0 saturated carbocycles. The van der Waals surface area contributed by atoms with Crippen molar-refractivity contribution in [3.63, 3.8) is 0 Å². The molecular weight excluding hydrogens is 360 g/mol. The molecule has 0 unspecified atom stereocenters. The molecule has 1 aromatic heterocycles. The van der Waals surface area contributed by atoms with E-state index in [1.165, 1.54) is 0 Å². The molecule has 6 heteroatoms. The van der Waals surface area contributed by atoms with E-state index in [-0.39, 0.29) is 11.8 Å². The van der Waals surface area contributed by atoms with Crippen molar-refractivity contribution in [1.29, 1.82) is 0 Å². The third-order valence-corrected chi connectivity index (χ3v) is 5.31. The number of aryl methyl sites for hydroxylation is 1. The molecule has 1 aliphatic rings. The van der Waals surface area contributed by atoms with Crippen molar-refractivity contribution in [2.75, 3.05) is 16.8 Å². The number of carbonyl (C=O) groups excluding carboxylic acids is 1. The molecule has 0 saturated heterocycles. The van der Waals surface area contributed by atoms with E-state index in [4.69, 9.17) is 16.6 Å². The second-order valence-corrected chi connectivity index (χ2v) is 7.81. The minimum absolute atomic E-state index is 0.0346. The summed E-state index contributed by atoms with van der Waals surface area (Å²) in [6.45, 7) is 8.37. The van der Waals surface area contributed by atoms with Gasteiger partial charge in [-0.1, -0.05) is 25.4 Å². The summed E-state index contributed by atoms with van der Waals surface area (Å²) in [5.41, 5.74) is 5.16. The smallest absolute Gasteiger partial charge is 0.226 e. The van der Waals surface area contributed by atoms with Crippen LogP contribution in [0.5, 0.6) is 0 Å². The molecule has 0 atom stereocenters. The molecule has 5 nitrogen and oxygen atoms in total. The Kier molecular flexibility index (Phi) is 4.56. The maximum atomic E-state index is 12.0. The Bertz CT molecular complexity index is 1020. The fourth-order valence-electron chi connectivity index (χ4n) is 3.48. The number of hydrogen-bond acceptors (Lipinski definition) is 3. The van der Waals surface area contributed by atoms with Crippen LogP contribution in [0.15, 0.2) is 36.4 Å². The van der Waals surface area contributed by atoms with E-state index in [0.29, 0.717) is 5.02 Å². The average molecular weight is 383 g/mol. The zero-order chi connectivity index (χ0) is 19.1. The first-order valence-corrected chi connectivity index (χ1v) is 9.61. The second kappa shape index (κ2) is 6.89. The third-order valence-electron chi connectivity index (χ3n) is 5.07. The number of rotatable bonds is 3. The van der Waals surface area contributed by atoms with Crippen LogP contribution in [0.4, 0.5) is 11.4 Å². The number of halogens is 1. The van der Waals surface area contributed by atoms with Gasteiger partial charge < -0.3 is 14.8 Å². The predicted molar refractivity (Wildman–Crippen MR) is 110 cm³/mol. The molecular formula is C21H23ClN4O. The van der Waals surface area contributed by atoms with Gasteiger partial charge >= 0.3 is 0 Å². The number of nitrogens with zero attached hydrogens (tertiary/aromatic N) is 3. The number of anilines is 2. The predicted octanol–water partition coefficient (Wildman–Crippen LogP) is 4.61. The number of hydrogen-bond donors (Lipinski definition) is 1. The molecule has 2 heterocycles. The zero-order valence-electron chi connectivity index (χ0n) is 15.8. The molecule has 2 aromatic carbocycles. The standard InChI is InChI=1S/C21H23ClN4O/c1-13(2)21(27)24-17-6-5-16(10-14(17)3)25-8-9-26-19-7-4-15(22)11-18(19)23-20(26)12-25/h4-7,10-11,13H,8-9,12H2,1-3H3,(H,24,27). The van der Waals surface area contributed by atoms with Gasteiger partial charge in [0.2, 0.25) is 5.91 Å². The van der Waals surface area contributed by atoms with Crippen molar-refractivity contribution >= 4 is 39.9 Å². The summed E-state index contributed by atoms with van der Waals surface area (Å²) in [5, 5.41) is 3.70. The van der Waals surface area contributed by atoms with Gasteiger partial charge in [0, 0.05) is 35.4 Å². The minimum atomic E-state index is -0.0346. The second-order valence-electron chi connectivity index (χ2n) is 7.38. The quantitative estimate of drug-likeness (QED) is 0.719. The highest BCUT2D eigenvalue weighted by molar-refractivity contribution is 6.31. The molecule has 0 radical (unpaired) electrons. The van der Waals surface area contributed by atoms with E-state index in [1.807, 2.05) is 45.0 Å². The number of benzene rings is 2. The highest BCUT2D eigenvalue weighted by Gasteiger charge is 2.21. The molecule has 0 bridgehead atoms. The molecule has 1 aliphatic heterocycles. The van der Waals surface area contributed by atoms with E-state index in [9.17, 15) is 4.79 Å². The van der Waals surface area contributed by atoms with Gasteiger partial charge in [0.15, 0.2) is 0 Å². The summed E-state index contributed by atoms with van der Waals surface area (Å²) in [6.07, 6.45) is 0. The Hall–Kier alpha value is -2.53. The van der Waals surface area contributed by atoms with Gasteiger partial charge in [-0.05, 0) is 48.9 Å². The first-order chi connectivity index (χ1) is 12.9. The van der Waals surface area contributed by atoms with Crippen LogP contribution in [0.25, 0.3) is 11.0 Å². The Labute approximate surface area is 163 Å². The fourth-order valence-corrected chi connectivity index (χ4v) is 3.64. The number of imidazole rings is 1. The summed E-state index contributed by atoms with van der Waals surface area (Å²) < 4.78 is 2.27. The van der Waals surface area contributed by atoms with E-state index < -0.39 is 0 Å². The molecule has 0 fully saturated rings. The average Bonchev–Trinajstić information content (AvgIpc) is 2.99. The first kappa shape index (κ1) is 17.9. The topological polar surface area (TPSA) is 50.2 Å². The fraction of sp³-hybridized carbons (Fsp3) is 0.333. The van der Waals surface area contributed by atoms with Crippen LogP contribution in [0, 0.1) is 12.8 Å². The van der Waals surface area contributed by atoms with E-state index in [2.05, 4.69) is 26.9 Å².